The Morgan fingerprint density at radius 1 is 1.18 bits per heavy atom. The van der Waals surface area contributed by atoms with Crippen LogP contribution in [-0.4, -0.2) is 9.97 Å². The van der Waals surface area contributed by atoms with Crippen molar-refractivity contribution in [1.82, 2.24) is 9.97 Å². The van der Waals surface area contributed by atoms with Crippen LogP contribution in [0.3, 0.4) is 0 Å². The van der Waals surface area contributed by atoms with E-state index in [2.05, 4.69) is 9.97 Å². The molecule has 1 aromatic carbocycles. The Bertz CT molecular complexity index is 679. The van der Waals surface area contributed by atoms with E-state index in [1.807, 2.05) is 0 Å². The molecular weight excluding hydrogens is 221 g/mol. The number of benzene rings is 1. The fourth-order valence-electron chi connectivity index (χ4n) is 1.64. The van der Waals surface area contributed by atoms with Crippen molar-refractivity contribution < 1.29 is 8.81 Å². The zero-order chi connectivity index (χ0) is 11.8. The molecule has 0 saturated carbocycles. The first-order valence-corrected chi connectivity index (χ1v) is 5.00. The van der Waals surface area contributed by atoms with Gasteiger partial charge in [-0.15, -0.1) is 0 Å². The van der Waals surface area contributed by atoms with E-state index in [1.54, 1.807) is 24.5 Å². The van der Waals surface area contributed by atoms with Crippen LogP contribution in [-0.2, 0) is 0 Å². The van der Waals surface area contributed by atoms with Crippen LogP contribution in [0.15, 0.2) is 41.1 Å². The number of fused-ring (bicyclic) bond motifs is 1. The van der Waals surface area contributed by atoms with Crippen LogP contribution in [0.2, 0.25) is 0 Å². The molecule has 0 aliphatic rings. The van der Waals surface area contributed by atoms with E-state index in [4.69, 9.17) is 10.2 Å². The van der Waals surface area contributed by atoms with Gasteiger partial charge in [0.05, 0.1) is 5.69 Å². The number of pyridine rings is 1. The Morgan fingerprint density at radius 3 is 2.71 bits per heavy atom. The van der Waals surface area contributed by atoms with Crippen molar-refractivity contribution in [3.05, 3.63) is 42.5 Å². The molecule has 84 valence electrons. The molecule has 0 atom stereocenters. The molecule has 0 fully saturated rings. The van der Waals surface area contributed by atoms with Crippen molar-refractivity contribution in [2.45, 2.75) is 0 Å². The van der Waals surface area contributed by atoms with Gasteiger partial charge in [0, 0.05) is 30.1 Å². The third kappa shape index (κ3) is 1.61. The normalized spacial score (nSPS) is 10.9. The molecule has 17 heavy (non-hydrogen) atoms. The summed E-state index contributed by atoms with van der Waals surface area (Å²) in [6.07, 6.45) is 3.27. The van der Waals surface area contributed by atoms with Gasteiger partial charge in [-0.05, 0) is 12.1 Å². The van der Waals surface area contributed by atoms with Crippen molar-refractivity contribution in [2.24, 2.45) is 0 Å². The Morgan fingerprint density at radius 2 is 1.94 bits per heavy atom. The molecule has 3 rings (SSSR count). The van der Waals surface area contributed by atoms with E-state index in [9.17, 15) is 4.39 Å². The number of nitrogens with two attached hydrogens (primary N) is 1. The molecule has 0 bridgehead atoms. The number of aromatic nitrogens is 2. The van der Waals surface area contributed by atoms with Gasteiger partial charge in [0.25, 0.3) is 0 Å². The van der Waals surface area contributed by atoms with E-state index < -0.39 is 5.82 Å². The summed E-state index contributed by atoms with van der Waals surface area (Å²) in [5.74, 6) is -0.0238. The summed E-state index contributed by atoms with van der Waals surface area (Å²) < 4.78 is 18.6. The van der Waals surface area contributed by atoms with Crippen LogP contribution in [0.4, 0.5) is 10.1 Å². The molecular formula is C12H8FN3O. The lowest BCUT2D eigenvalue weighted by Crippen LogP contribution is -1.86. The highest BCUT2D eigenvalue weighted by molar-refractivity contribution is 5.86. The maximum absolute atomic E-state index is 13.1. The average Bonchev–Trinajstić information content (AvgIpc) is 2.74. The molecule has 0 unspecified atom stereocenters. The van der Waals surface area contributed by atoms with Crippen molar-refractivity contribution in [2.75, 3.05) is 5.73 Å². The first-order chi connectivity index (χ1) is 8.24. The number of hydrogen-bond acceptors (Lipinski definition) is 4. The molecule has 0 spiro atoms. The molecule has 2 heterocycles. The van der Waals surface area contributed by atoms with Gasteiger partial charge in [-0.25, -0.2) is 9.37 Å². The minimum Gasteiger partial charge on any atom is -0.434 e. The quantitative estimate of drug-likeness (QED) is 0.651. The molecule has 0 amide bonds. The largest absolute Gasteiger partial charge is 0.434 e. The second-order valence-corrected chi connectivity index (χ2v) is 3.60. The van der Waals surface area contributed by atoms with Crippen LogP contribution in [0, 0.1) is 5.82 Å². The third-order valence-corrected chi connectivity index (χ3v) is 2.41. The Labute approximate surface area is 95.9 Å². The molecule has 4 nitrogen and oxygen atoms in total. The van der Waals surface area contributed by atoms with Gasteiger partial charge in [0.15, 0.2) is 5.58 Å². The molecule has 3 aromatic rings. The second kappa shape index (κ2) is 3.55. The number of hydrogen-bond donors (Lipinski definition) is 1. The molecule has 0 aliphatic heterocycles. The maximum atomic E-state index is 13.1. The lowest BCUT2D eigenvalue weighted by atomic mass is 10.3. The number of halogens is 1. The van der Waals surface area contributed by atoms with Crippen molar-refractivity contribution in [3.63, 3.8) is 0 Å². The fraction of sp³-hybridized carbons (Fsp3) is 0. The van der Waals surface area contributed by atoms with Crippen molar-refractivity contribution >= 4 is 16.8 Å². The van der Waals surface area contributed by atoms with Gasteiger partial charge >= 0.3 is 0 Å². The van der Waals surface area contributed by atoms with Crippen LogP contribution in [0.25, 0.3) is 22.6 Å². The summed E-state index contributed by atoms with van der Waals surface area (Å²) >= 11 is 0. The summed E-state index contributed by atoms with van der Waals surface area (Å²) in [7, 11) is 0. The van der Waals surface area contributed by atoms with Gasteiger partial charge in [0.1, 0.15) is 11.3 Å². The topological polar surface area (TPSA) is 64.9 Å². The van der Waals surface area contributed by atoms with Crippen molar-refractivity contribution in [1.29, 1.82) is 0 Å². The van der Waals surface area contributed by atoms with E-state index in [0.29, 0.717) is 17.0 Å². The predicted molar refractivity (Wildman–Crippen MR) is 61.6 cm³/mol. The zero-order valence-electron chi connectivity index (χ0n) is 8.72. The fourth-order valence-corrected chi connectivity index (χ4v) is 1.64. The molecule has 2 N–H and O–H groups in total. The Hall–Kier alpha value is -2.43. The highest BCUT2D eigenvalue weighted by Crippen LogP contribution is 2.28. The van der Waals surface area contributed by atoms with Gasteiger partial charge in [-0.3, -0.25) is 4.98 Å². The zero-order valence-corrected chi connectivity index (χ0v) is 8.72. The summed E-state index contributed by atoms with van der Waals surface area (Å²) in [4.78, 5) is 8.09. The van der Waals surface area contributed by atoms with Gasteiger partial charge in [-0.2, -0.15) is 0 Å². The highest BCUT2D eigenvalue weighted by Gasteiger charge is 2.11. The maximum Gasteiger partial charge on any atom is 0.227 e. The van der Waals surface area contributed by atoms with Crippen LogP contribution in [0.1, 0.15) is 0 Å². The summed E-state index contributed by atoms with van der Waals surface area (Å²) in [5.41, 5.74) is 7.49. The van der Waals surface area contributed by atoms with Gasteiger partial charge in [-0.1, -0.05) is 0 Å². The van der Waals surface area contributed by atoms with Crippen LogP contribution >= 0.6 is 0 Å². The number of anilines is 1. The first kappa shape index (κ1) is 9.77. The molecule has 0 radical (unpaired) electrons. The highest BCUT2D eigenvalue weighted by atomic mass is 19.1. The number of oxazole rings is 1. The number of rotatable bonds is 1. The molecule has 0 aliphatic carbocycles. The number of nitrogens with zero attached hydrogens (tertiary/aromatic N) is 2. The number of nitrogen functional groups attached to an aromatic ring is 1. The van der Waals surface area contributed by atoms with Crippen LogP contribution < -0.4 is 5.73 Å². The summed E-state index contributed by atoms with van der Waals surface area (Å²) in [6, 6.07) is 6.03. The standard InChI is InChI=1S/C12H8FN3O/c13-8-5-9(14)11-10(6-8)16-12(17-11)7-1-3-15-4-2-7/h1-6H,14H2. The van der Waals surface area contributed by atoms with E-state index in [-0.39, 0.29) is 5.69 Å². The van der Waals surface area contributed by atoms with E-state index >= 15 is 0 Å². The minimum absolute atomic E-state index is 0.243. The SMILES string of the molecule is Nc1cc(F)cc2nc(-c3ccncc3)oc12. The smallest absolute Gasteiger partial charge is 0.227 e. The van der Waals surface area contributed by atoms with E-state index in [0.717, 1.165) is 5.56 Å². The van der Waals surface area contributed by atoms with Crippen LogP contribution in [0.5, 0.6) is 0 Å². The predicted octanol–water partition coefficient (Wildman–Crippen LogP) is 2.61. The summed E-state index contributed by atoms with van der Waals surface area (Å²) in [5, 5.41) is 0. The lowest BCUT2D eigenvalue weighted by Gasteiger charge is -1.93. The van der Waals surface area contributed by atoms with Crippen molar-refractivity contribution in [3.8, 4) is 11.5 Å². The second-order valence-electron chi connectivity index (χ2n) is 3.60. The Kier molecular flexibility index (Phi) is 2.04. The third-order valence-electron chi connectivity index (χ3n) is 2.41. The lowest BCUT2D eigenvalue weighted by molar-refractivity contribution is 0.615. The van der Waals surface area contributed by atoms with E-state index in [1.165, 1.54) is 12.1 Å². The summed E-state index contributed by atoms with van der Waals surface area (Å²) in [6.45, 7) is 0. The first-order valence-electron chi connectivity index (χ1n) is 5.00. The minimum atomic E-state index is -0.426. The monoisotopic (exact) mass is 229 g/mol. The molecule has 5 heteroatoms. The van der Waals surface area contributed by atoms with Gasteiger partial charge in [0.2, 0.25) is 5.89 Å². The Balaban J connectivity index is 2.24. The average molecular weight is 229 g/mol. The molecule has 0 saturated heterocycles. The van der Waals surface area contributed by atoms with Gasteiger partial charge < -0.3 is 10.2 Å². The molecule has 2 aromatic heterocycles.